The number of benzene rings is 2. The molecule has 0 aliphatic carbocycles. The fourth-order valence-electron chi connectivity index (χ4n) is 1.70. The molecule has 2 rings (SSSR count). The van der Waals surface area contributed by atoms with Crippen LogP contribution in [-0.2, 0) is 6.54 Å². The van der Waals surface area contributed by atoms with Crippen LogP contribution in [0.5, 0.6) is 0 Å². The number of rotatable bonds is 3. The van der Waals surface area contributed by atoms with Crippen molar-refractivity contribution in [1.29, 1.82) is 0 Å². The van der Waals surface area contributed by atoms with Crippen molar-refractivity contribution in [1.82, 2.24) is 0 Å². The molecular formula is C15H13BrFN. The first-order valence-corrected chi connectivity index (χ1v) is 6.45. The minimum absolute atomic E-state index is 0.251. The molecule has 0 aliphatic rings. The van der Waals surface area contributed by atoms with E-state index in [0.717, 1.165) is 15.6 Å². The number of halogens is 2. The molecule has 0 N–H and O–H groups in total. The number of nitrogens with zero attached hydrogens (tertiary/aromatic N) is 1. The fourth-order valence-corrected chi connectivity index (χ4v) is 2.25. The Morgan fingerprint density at radius 1 is 1.22 bits per heavy atom. The third kappa shape index (κ3) is 3.26. The maximum atomic E-state index is 13.7. The molecule has 18 heavy (non-hydrogen) atoms. The topological polar surface area (TPSA) is 12.4 Å². The van der Waals surface area contributed by atoms with E-state index in [2.05, 4.69) is 20.9 Å². The summed E-state index contributed by atoms with van der Waals surface area (Å²) in [6, 6.07) is 13.2. The van der Waals surface area contributed by atoms with Gasteiger partial charge in [-0.3, -0.25) is 4.99 Å². The maximum absolute atomic E-state index is 13.7. The summed E-state index contributed by atoms with van der Waals surface area (Å²) >= 11 is 3.27. The van der Waals surface area contributed by atoms with Crippen LogP contribution in [0.3, 0.4) is 0 Å². The highest BCUT2D eigenvalue weighted by Gasteiger charge is 2.04. The number of hydrogen-bond acceptors (Lipinski definition) is 1. The highest BCUT2D eigenvalue weighted by molar-refractivity contribution is 9.10. The summed E-state index contributed by atoms with van der Waals surface area (Å²) in [4.78, 5) is 4.28. The zero-order chi connectivity index (χ0) is 13.0. The Morgan fingerprint density at radius 2 is 1.94 bits per heavy atom. The largest absolute Gasteiger partial charge is 0.288 e. The molecule has 0 spiro atoms. The van der Waals surface area contributed by atoms with Crippen LogP contribution in [0.25, 0.3) is 0 Å². The van der Waals surface area contributed by atoms with Gasteiger partial charge in [-0.1, -0.05) is 46.3 Å². The molecule has 1 nitrogen and oxygen atoms in total. The molecule has 0 bridgehead atoms. The Bertz CT molecular complexity index is 541. The summed E-state index contributed by atoms with van der Waals surface area (Å²) in [7, 11) is 0. The van der Waals surface area contributed by atoms with Gasteiger partial charge >= 0.3 is 0 Å². The predicted molar refractivity (Wildman–Crippen MR) is 76.6 cm³/mol. The van der Waals surface area contributed by atoms with Gasteiger partial charge in [-0.25, -0.2) is 4.39 Å². The Balaban J connectivity index is 2.15. The lowest BCUT2D eigenvalue weighted by molar-refractivity contribution is 0.623. The first kappa shape index (κ1) is 13.0. The molecule has 0 heterocycles. The van der Waals surface area contributed by atoms with Crippen molar-refractivity contribution in [2.45, 2.75) is 13.5 Å². The van der Waals surface area contributed by atoms with E-state index in [1.807, 2.05) is 43.3 Å². The van der Waals surface area contributed by atoms with Gasteiger partial charge < -0.3 is 0 Å². The monoisotopic (exact) mass is 305 g/mol. The average Bonchev–Trinajstić information content (AvgIpc) is 2.34. The van der Waals surface area contributed by atoms with Crippen LogP contribution in [0.4, 0.5) is 4.39 Å². The second kappa shape index (κ2) is 5.91. The minimum atomic E-state index is -0.251. The predicted octanol–water partition coefficient (Wildman–Crippen LogP) is 4.52. The van der Waals surface area contributed by atoms with Crippen molar-refractivity contribution in [2.24, 2.45) is 4.99 Å². The summed E-state index contributed by atoms with van der Waals surface area (Å²) in [6.45, 7) is 2.44. The average molecular weight is 306 g/mol. The second-order valence-corrected chi connectivity index (χ2v) is 4.99. The summed E-state index contributed by atoms with van der Waals surface area (Å²) in [5, 5.41) is 0. The minimum Gasteiger partial charge on any atom is -0.288 e. The lowest BCUT2D eigenvalue weighted by Crippen LogP contribution is -1.94. The first-order chi connectivity index (χ1) is 8.66. The van der Waals surface area contributed by atoms with Gasteiger partial charge in [-0.2, -0.15) is 0 Å². The van der Waals surface area contributed by atoms with E-state index in [4.69, 9.17) is 0 Å². The molecule has 0 saturated heterocycles. The zero-order valence-electron chi connectivity index (χ0n) is 10.0. The molecule has 0 aromatic heterocycles. The zero-order valence-corrected chi connectivity index (χ0v) is 11.6. The molecule has 0 amide bonds. The van der Waals surface area contributed by atoms with Crippen LogP contribution in [0, 0.1) is 12.7 Å². The quantitative estimate of drug-likeness (QED) is 0.740. The third-order valence-corrected chi connectivity index (χ3v) is 3.10. The van der Waals surface area contributed by atoms with Crippen LogP contribution >= 0.6 is 15.9 Å². The first-order valence-electron chi connectivity index (χ1n) is 5.66. The maximum Gasteiger partial charge on any atom is 0.133 e. The molecule has 2 aromatic rings. The molecule has 0 atom stereocenters. The summed E-state index contributed by atoms with van der Waals surface area (Å²) in [6.07, 6.45) is 1.60. The van der Waals surface area contributed by atoms with Crippen molar-refractivity contribution in [3.63, 3.8) is 0 Å². The van der Waals surface area contributed by atoms with Crippen LogP contribution < -0.4 is 0 Å². The second-order valence-electron chi connectivity index (χ2n) is 4.07. The number of aryl methyl sites for hydroxylation is 1. The number of aliphatic imine (C=N–C) groups is 1. The molecule has 0 radical (unpaired) electrons. The van der Waals surface area contributed by atoms with Crippen LogP contribution in [-0.4, -0.2) is 6.21 Å². The van der Waals surface area contributed by atoms with Crippen LogP contribution in [0.15, 0.2) is 51.9 Å². The Morgan fingerprint density at radius 3 is 2.61 bits per heavy atom. The smallest absolute Gasteiger partial charge is 0.133 e. The summed E-state index contributed by atoms with van der Waals surface area (Å²) < 4.78 is 14.5. The van der Waals surface area contributed by atoms with E-state index in [9.17, 15) is 4.39 Å². The summed E-state index contributed by atoms with van der Waals surface area (Å²) in [5.41, 5.74) is 2.54. The Kier molecular flexibility index (Phi) is 4.26. The van der Waals surface area contributed by atoms with Gasteiger partial charge in [0.15, 0.2) is 0 Å². The van der Waals surface area contributed by atoms with E-state index in [0.29, 0.717) is 12.1 Å². The van der Waals surface area contributed by atoms with Crippen molar-refractivity contribution < 1.29 is 4.39 Å². The number of hydrogen-bond donors (Lipinski definition) is 0. The van der Waals surface area contributed by atoms with Crippen molar-refractivity contribution in [2.75, 3.05) is 0 Å². The molecule has 92 valence electrons. The van der Waals surface area contributed by atoms with E-state index in [1.165, 1.54) is 6.07 Å². The molecule has 0 aliphatic heterocycles. The summed E-state index contributed by atoms with van der Waals surface area (Å²) in [5.74, 6) is -0.251. The van der Waals surface area contributed by atoms with Crippen molar-refractivity contribution in [3.8, 4) is 0 Å². The van der Waals surface area contributed by atoms with E-state index in [-0.39, 0.29) is 5.82 Å². The molecule has 0 fully saturated rings. The van der Waals surface area contributed by atoms with E-state index < -0.39 is 0 Å². The van der Waals surface area contributed by atoms with Gasteiger partial charge in [0.05, 0.1) is 6.54 Å². The van der Waals surface area contributed by atoms with Crippen molar-refractivity contribution in [3.05, 3.63) is 69.4 Å². The highest BCUT2D eigenvalue weighted by Crippen LogP contribution is 2.18. The molecule has 0 unspecified atom stereocenters. The lowest BCUT2D eigenvalue weighted by Gasteiger charge is -2.03. The Labute approximate surface area is 115 Å². The van der Waals surface area contributed by atoms with Crippen molar-refractivity contribution >= 4 is 22.1 Å². The SMILES string of the molecule is Cc1cc(Br)cc(F)c1C=NCc1ccccc1. The van der Waals surface area contributed by atoms with Crippen LogP contribution in [0.2, 0.25) is 0 Å². The van der Waals surface area contributed by atoms with Gasteiger partial charge in [0.25, 0.3) is 0 Å². The van der Waals surface area contributed by atoms with Gasteiger partial charge in [0.2, 0.25) is 0 Å². The molecular weight excluding hydrogens is 293 g/mol. The molecule has 0 saturated carbocycles. The molecule has 2 aromatic carbocycles. The standard InChI is InChI=1S/C15H13BrFN/c1-11-7-13(16)8-15(17)14(11)10-18-9-12-5-3-2-4-6-12/h2-8,10H,9H2,1H3. The highest BCUT2D eigenvalue weighted by atomic mass is 79.9. The van der Waals surface area contributed by atoms with Gasteiger partial charge in [0.1, 0.15) is 5.82 Å². The van der Waals surface area contributed by atoms with Gasteiger partial charge in [-0.05, 0) is 30.2 Å². The third-order valence-electron chi connectivity index (χ3n) is 2.64. The fraction of sp³-hybridized carbons (Fsp3) is 0.133. The lowest BCUT2D eigenvalue weighted by atomic mass is 10.1. The van der Waals surface area contributed by atoms with Crippen LogP contribution in [0.1, 0.15) is 16.7 Å². The normalized spacial score (nSPS) is 11.1. The van der Waals surface area contributed by atoms with Gasteiger partial charge in [0, 0.05) is 16.3 Å². The van der Waals surface area contributed by atoms with Gasteiger partial charge in [-0.15, -0.1) is 0 Å². The molecule has 3 heteroatoms. The Hall–Kier alpha value is -1.48. The van der Waals surface area contributed by atoms with E-state index in [1.54, 1.807) is 6.21 Å². The van der Waals surface area contributed by atoms with E-state index >= 15 is 0 Å².